The second-order valence-electron chi connectivity index (χ2n) is 4.37. The molecule has 1 aliphatic heterocycles. The molecule has 0 aromatic rings. The molecule has 1 N–H and O–H groups in total. The Kier molecular flexibility index (Phi) is 8.61. The number of rotatable bonds is 9. The first-order chi connectivity index (χ1) is 9.63. The van der Waals surface area contributed by atoms with Crippen molar-refractivity contribution in [1.82, 2.24) is 0 Å². The summed E-state index contributed by atoms with van der Waals surface area (Å²) in [4.78, 5) is 0. The highest BCUT2D eigenvalue weighted by molar-refractivity contribution is 7.57. The molecule has 118 valence electrons. The van der Waals surface area contributed by atoms with Crippen LogP contribution in [-0.4, -0.2) is 43.9 Å². The fourth-order valence-electron chi connectivity index (χ4n) is 1.85. The SMILES string of the molecule is CCOP(=O)(/C=C/[C@H](CO)O[C@H]1CCCCO1)OCC. The topological polar surface area (TPSA) is 74.2 Å². The molecule has 6 nitrogen and oxygen atoms in total. The summed E-state index contributed by atoms with van der Waals surface area (Å²) in [6.07, 6.45) is 3.51. The standard InChI is InChI=1S/C13H25O6P/c1-3-17-20(15,18-4-2)10-8-12(11-14)19-13-7-5-6-9-16-13/h8,10,12-14H,3-7,9,11H2,1-2H3/b10-8+/t12-,13+/m1/s1. The molecule has 0 aromatic heterocycles. The van der Waals surface area contributed by atoms with Gasteiger partial charge in [0.25, 0.3) is 0 Å². The lowest BCUT2D eigenvalue weighted by molar-refractivity contribution is -0.184. The van der Waals surface area contributed by atoms with Gasteiger partial charge in [0.2, 0.25) is 0 Å². The molecule has 0 saturated carbocycles. The Morgan fingerprint density at radius 1 is 1.35 bits per heavy atom. The van der Waals surface area contributed by atoms with E-state index in [1.54, 1.807) is 13.8 Å². The molecule has 20 heavy (non-hydrogen) atoms. The van der Waals surface area contributed by atoms with Crippen LogP contribution in [0, 0.1) is 0 Å². The van der Waals surface area contributed by atoms with Crippen LogP contribution in [0.5, 0.6) is 0 Å². The molecule has 1 saturated heterocycles. The van der Waals surface area contributed by atoms with E-state index in [-0.39, 0.29) is 26.1 Å². The first kappa shape index (κ1) is 17.8. The maximum Gasteiger partial charge on any atom is 0.353 e. The average molecular weight is 308 g/mol. The van der Waals surface area contributed by atoms with Crippen molar-refractivity contribution in [1.29, 1.82) is 0 Å². The van der Waals surface area contributed by atoms with Gasteiger partial charge < -0.3 is 23.6 Å². The van der Waals surface area contributed by atoms with Gasteiger partial charge in [-0.15, -0.1) is 0 Å². The van der Waals surface area contributed by atoms with E-state index in [1.165, 1.54) is 11.9 Å². The molecule has 2 atom stereocenters. The monoisotopic (exact) mass is 308 g/mol. The van der Waals surface area contributed by atoms with Crippen LogP contribution < -0.4 is 0 Å². The Morgan fingerprint density at radius 3 is 2.55 bits per heavy atom. The van der Waals surface area contributed by atoms with Crippen LogP contribution in [0.25, 0.3) is 0 Å². The second-order valence-corrected chi connectivity index (χ2v) is 6.26. The third-order valence-corrected chi connectivity index (χ3v) is 4.52. The highest BCUT2D eigenvalue weighted by Crippen LogP contribution is 2.49. The highest BCUT2D eigenvalue weighted by Gasteiger charge is 2.22. The molecule has 1 rings (SSSR count). The van der Waals surface area contributed by atoms with Crippen LogP contribution in [0.2, 0.25) is 0 Å². The summed E-state index contributed by atoms with van der Waals surface area (Å²) in [5.41, 5.74) is 0. The van der Waals surface area contributed by atoms with E-state index in [1.807, 2.05) is 0 Å². The van der Waals surface area contributed by atoms with Gasteiger partial charge in [-0.1, -0.05) is 0 Å². The van der Waals surface area contributed by atoms with Gasteiger partial charge in [0.1, 0.15) is 6.10 Å². The maximum absolute atomic E-state index is 12.2. The molecule has 7 heteroatoms. The predicted octanol–water partition coefficient (Wildman–Crippen LogP) is 2.67. The van der Waals surface area contributed by atoms with Gasteiger partial charge >= 0.3 is 7.60 Å². The Morgan fingerprint density at radius 2 is 2.05 bits per heavy atom. The smallest absolute Gasteiger partial charge is 0.353 e. The number of hydrogen-bond donors (Lipinski definition) is 1. The van der Waals surface area contributed by atoms with Crippen molar-refractivity contribution in [2.24, 2.45) is 0 Å². The van der Waals surface area contributed by atoms with Gasteiger partial charge in [-0.05, 0) is 39.2 Å². The molecule has 1 aliphatic rings. The minimum absolute atomic E-state index is 0.214. The van der Waals surface area contributed by atoms with Crippen molar-refractivity contribution in [2.75, 3.05) is 26.4 Å². The van der Waals surface area contributed by atoms with Gasteiger partial charge in [0.05, 0.1) is 19.8 Å². The van der Waals surface area contributed by atoms with Crippen molar-refractivity contribution in [3.63, 3.8) is 0 Å². The molecular formula is C13H25O6P. The quantitative estimate of drug-likeness (QED) is 0.660. The van der Waals surface area contributed by atoms with Gasteiger partial charge in [0, 0.05) is 12.4 Å². The minimum atomic E-state index is -3.25. The van der Waals surface area contributed by atoms with Crippen molar-refractivity contribution in [2.45, 2.75) is 45.5 Å². The fourth-order valence-corrected chi connectivity index (χ4v) is 3.22. The van der Waals surface area contributed by atoms with Crippen LogP contribution in [-0.2, 0) is 23.1 Å². The highest BCUT2D eigenvalue weighted by atomic mass is 31.2. The summed E-state index contributed by atoms with van der Waals surface area (Å²) in [6, 6.07) is 0. The molecule has 0 unspecified atom stereocenters. The summed E-state index contributed by atoms with van der Waals surface area (Å²) in [6.45, 7) is 4.53. The Hall–Kier alpha value is -0.230. The zero-order chi connectivity index (χ0) is 14.8. The van der Waals surface area contributed by atoms with Gasteiger partial charge in [-0.25, -0.2) is 0 Å². The third-order valence-electron chi connectivity index (χ3n) is 2.75. The average Bonchev–Trinajstić information content (AvgIpc) is 2.45. The zero-order valence-electron chi connectivity index (χ0n) is 12.2. The summed E-state index contributed by atoms with van der Waals surface area (Å²) < 4.78 is 33.5. The first-order valence-electron chi connectivity index (χ1n) is 7.09. The molecule has 0 aromatic carbocycles. The van der Waals surface area contributed by atoms with Crippen LogP contribution in [0.4, 0.5) is 0 Å². The number of aliphatic hydroxyl groups is 1. The van der Waals surface area contributed by atoms with E-state index in [9.17, 15) is 9.67 Å². The molecule has 0 amide bonds. The van der Waals surface area contributed by atoms with Crippen LogP contribution >= 0.6 is 7.60 Å². The van der Waals surface area contributed by atoms with Gasteiger partial charge in [0.15, 0.2) is 6.29 Å². The minimum Gasteiger partial charge on any atom is -0.393 e. The Bertz CT molecular complexity index is 317. The lowest BCUT2D eigenvalue weighted by atomic mass is 10.2. The third kappa shape index (κ3) is 6.48. The molecule has 1 heterocycles. The molecule has 0 bridgehead atoms. The Balaban J connectivity index is 2.55. The largest absolute Gasteiger partial charge is 0.393 e. The van der Waals surface area contributed by atoms with Gasteiger partial charge in [-0.3, -0.25) is 4.57 Å². The van der Waals surface area contributed by atoms with Crippen molar-refractivity contribution < 1.29 is 28.2 Å². The fraction of sp³-hybridized carbons (Fsp3) is 0.846. The van der Waals surface area contributed by atoms with E-state index in [4.69, 9.17) is 18.5 Å². The summed E-state index contributed by atoms with van der Waals surface area (Å²) in [5.74, 6) is 1.35. The zero-order valence-corrected chi connectivity index (χ0v) is 13.1. The molecule has 0 radical (unpaired) electrons. The molecule has 1 fully saturated rings. The molecular weight excluding hydrogens is 283 g/mol. The number of hydrogen-bond acceptors (Lipinski definition) is 6. The summed E-state index contributed by atoms with van der Waals surface area (Å²) in [5, 5.41) is 9.31. The van der Waals surface area contributed by atoms with E-state index in [0.29, 0.717) is 6.61 Å². The van der Waals surface area contributed by atoms with E-state index in [0.717, 1.165) is 19.3 Å². The lowest BCUT2D eigenvalue weighted by Crippen LogP contribution is -2.28. The normalized spacial score (nSPS) is 22.2. The van der Waals surface area contributed by atoms with Crippen molar-refractivity contribution in [3.8, 4) is 0 Å². The lowest BCUT2D eigenvalue weighted by Gasteiger charge is -2.25. The van der Waals surface area contributed by atoms with Gasteiger partial charge in [-0.2, -0.15) is 0 Å². The van der Waals surface area contributed by atoms with Crippen LogP contribution in [0.3, 0.4) is 0 Å². The van der Waals surface area contributed by atoms with E-state index in [2.05, 4.69) is 0 Å². The van der Waals surface area contributed by atoms with E-state index >= 15 is 0 Å². The molecule has 0 aliphatic carbocycles. The van der Waals surface area contributed by atoms with Crippen LogP contribution in [0.15, 0.2) is 11.9 Å². The Labute approximate surface area is 120 Å². The maximum atomic E-state index is 12.2. The second kappa shape index (κ2) is 9.66. The number of aliphatic hydroxyl groups excluding tert-OH is 1. The van der Waals surface area contributed by atoms with Crippen LogP contribution in [0.1, 0.15) is 33.1 Å². The van der Waals surface area contributed by atoms with Crippen molar-refractivity contribution >= 4 is 7.60 Å². The summed E-state index contributed by atoms with van der Waals surface area (Å²) in [7, 11) is -3.25. The molecule has 0 spiro atoms. The first-order valence-corrected chi connectivity index (χ1v) is 8.70. The summed E-state index contributed by atoms with van der Waals surface area (Å²) >= 11 is 0. The van der Waals surface area contributed by atoms with Crippen molar-refractivity contribution in [3.05, 3.63) is 11.9 Å². The van der Waals surface area contributed by atoms with E-state index < -0.39 is 13.7 Å². The predicted molar refractivity (Wildman–Crippen MR) is 75.5 cm³/mol. The number of ether oxygens (including phenoxy) is 2.